The molecule has 39 heteroatoms. The van der Waals surface area contributed by atoms with E-state index >= 15 is 4.79 Å². The molecule has 0 bridgehead atoms. The molecule has 2 saturated heterocycles. The SMILES string of the molecule is CC(=O)c1cnc(-c2csc(CCNC(=O)C(C(C)O)C(N)C(=O)C(C)C(O)C(C)NC(=O)C(NC(=O)c3nc(C(CC(N)=O)NCC(N)C(N)=O)nc(N)c3C)C(OC3OC(CO)C(O)C(O)C3OC3OC(CO)C(O)C(OC(N)=O)C3O)c3cnc[nH]3)n2)[nH]1. The predicted molar refractivity (Wildman–Crippen MR) is 309 cm³/mol. The molecule has 6 heterocycles. The van der Waals surface area contributed by atoms with Gasteiger partial charge in [-0.25, -0.2) is 29.7 Å². The molecule has 0 aliphatic carbocycles. The second-order valence-electron chi connectivity index (χ2n) is 21.7. The standard InChI is InChI=1S/C52H77N17O21S/c1-16-32(67-46(69-43(16)56)22(8-28(54)74)61-9-21(53)44(57)81)48(83)68-33(40(24-10-59-15-63-24)88-51-42(38(79)36(77)26(12-70)87-51)89-50-39(80)41(90-52(58)85)37(78)27(13-71)86-50)49(84)64-18(3)34(75)17(2)35(76)31(55)30(20(5)73)47(82)60-7-6-29-65-25(14-91-29)45-62-11-23(66-45)19(4)72/h10-11,14-15,17-18,20-22,26-27,30-31,33-34,36-42,50-51,61,70-71,73,75,77-80H,6-9,12-13,53,55H2,1-5H3,(H2,54,74)(H2,57,81)(H2,58,85)(H,59,63)(H,60,82)(H,62,66)(H,64,84)(H,68,83)(H2,56,67,69). The monoisotopic (exact) mass is 1310 g/mol. The molecule has 0 aromatic carbocycles. The van der Waals surface area contributed by atoms with E-state index in [1.807, 2.05) is 0 Å². The number of nitrogen functional groups attached to an aromatic ring is 1. The highest BCUT2D eigenvalue weighted by atomic mass is 32.1. The number of hydrogen-bond acceptors (Lipinski definition) is 31. The minimum atomic E-state index is -2.20. The lowest BCUT2D eigenvalue weighted by atomic mass is 9.83. The zero-order valence-corrected chi connectivity index (χ0v) is 50.4. The molecule has 2 fully saturated rings. The van der Waals surface area contributed by atoms with Gasteiger partial charge in [-0.2, -0.15) is 0 Å². The molecular formula is C52H77N17O21S. The number of carbonyl (C=O) groups excluding carboxylic acids is 8. The Labute approximate surface area is 520 Å². The van der Waals surface area contributed by atoms with Crippen LogP contribution in [-0.2, 0) is 54.1 Å². The quantitative estimate of drug-likeness (QED) is 0.0202. The predicted octanol–water partition coefficient (Wildman–Crippen LogP) is -8.20. The van der Waals surface area contributed by atoms with Gasteiger partial charge in [-0.1, -0.05) is 6.92 Å². The Kier molecular flexibility index (Phi) is 25.5. The Balaban J connectivity index is 1.32. The second-order valence-corrected chi connectivity index (χ2v) is 22.6. The van der Waals surface area contributed by atoms with E-state index in [4.69, 9.17) is 58.1 Å². The van der Waals surface area contributed by atoms with Gasteiger partial charge in [0.05, 0.1) is 84.9 Å². The van der Waals surface area contributed by atoms with E-state index in [9.17, 15) is 74.4 Å². The van der Waals surface area contributed by atoms with Crippen LogP contribution >= 0.6 is 11.3 Å². The molecule has 6 rings (SSSR count). The van der Waals surface area contributed by atoms with E-state index in [1.165, 1.54) is 52.2 Å². The van der Waals surface area contributed by atoms with Gasteiger partial charge in [0.1, 0.15) is 83.6 Å². The molecular weight excluding hydrogens is 1230 g/mol. The van der Waals surface area contributed by atoms with Crippen molar-refractivity contribution in [2.75, 3.05) is 32.0 Å². The summed E-state index contributed by atoms with van der Waals surface area (Å²) in [7, 11) is 0. The number of aliphatic hydroxyl groups excluding tert-OH is 8. The Hall–Kier alpha value is -7.71. The lowest BCUT2D eigenvalue weighted by Gasteiger charge is -2.47. The van der Waals surface area contributed by atoms with Crippen molar-refractivity contribution >= 4 is 64.4 Å². The first kappa shape index (κ1) is 72.4. The van der Waals surface area contributed by atoms with Gasteiger partial charge in [0.25, 0.3) is 5.91 Å². The zero-order chi connectivity index (χ0) is 67.5. The summed E-state index contributed by atoms with van der Waals surface area (Å²) in [4.78, 5) is 132. The molecule has 502 valence electrons. The number of aliphatic hydroxyl groups is 8. The van der Waals surface area contributed by atoms with Gasteiger partial charge in [0.15, 0.2) is 36.1 Å². The Morgan fingerprint density at radius 3 is 2.11 bits per heavy atom. The number of aromatic nitrogens is 7. The number of nitrogens with one attached hydrogen (secondary N) is 6. The van der Waals surface area contributed by atoms with Gasteiger partial charge in [-0.15, -0.1) is 11.3 Å². The molecule has 20 atom stereocenters. The molecule has 0 spiro atoms. The number of H-pyrrole nitrogens is 2. The van der Waals surface area contributed by atoms with Crippen molar-refractivity contribution in [3.63, 3.8) is 0 Å². The third-order valence-corrected chi connectivity index (χ3v) is 15.9. The van der Waals surface area contributed by atoms with Crippen LogP contribution in [-0.4, -0.2) is 247 Å². The molecule has 26 N–H and O–H groups in total. The molecule has 91 heavy (non-hydrogen) atoms. The number of amides is 6. The number of carbonyl (C=O) groups is 8. The van der Waals surface area contributed by atoms with E-state index in [0.29, 0.717) is 16.5 Å². The van der Waals surface area contributed by atoms with Crippen LogP contribution in [0.4, 0.5) is 10.6 Å². The summed E-state index contributed by atoms with van der Waals surface area (Å²) in [6.07, 6.45) is -23.9. The van der Waals surface area contributed by atoms with E-state index in [1.54, 1.807) is 5.38 Å². The van der Waals surface area contributed by atoms with Gasteiger partial charge >= 0.3 is 6.09 Å². The third kappa shape index (κ3) is 17.9. The lowest BCUT2D eigenvalue weighted by molar-refractivity contribution is -0.372. The van der Waals surface area contributed by atoms with Crippen molar-refractivity contribution < 1.29 is 103 Å². The van der Waals surface area contributed by atoms with Crippen molar-refractivity contribution in [3.05, 3.63) is 57.6 Å². The van der Waals surface area contributed by atoms with Crippen LogP contribution in [0.1, 0.15) is 89.3 Å². The number of Topliss-reactive ketones (excluding diaryl/α,β-unsaturated/α-hetero) is 2. The first-order chi connectivity index (χ1) is 42.9. The van der Waals surface area contributed by atoms with Gasteiger partial charge < -0.3 is 130 Å². The van der Waals surface area contributed by atoms with Gasteiger partial charge in [0.2, 0.25) is 23.6 Å². The Morgan fingerprint density at radius 1 is 0.846 bits per heavy atom. The maximum absolute atomic E-state index is 15.2. The number of anilines is 1. The number of aromatic amines is 2. The average Bonchev–Trinajstić information content (AvgIpc) is 1.55. The Morgan fingerprint density at radius 2 is 1.52 bits per heavy atom. The number of nitrogens with zero attached hydrogens (tertiary/aromatic N) is 5. The van der Waals surface area contributed by atoms with Gasteiger partial charge in [0, 0.05) is 49.7 Å². The summed E-state index contributed by atoms with van der Waals surface area (Å²) in [5.41, 5.74) is 34.4. The second kappa shape index (κ2) is 32.0. The number of imidazole rings is 2. The number of rotatable bonds is 32. The summed E-state index contributed by atoms with van der Waals surface area (Å²) < 4.78 is 28.7. The molecule has 4 aromatic heterocycles. The maximum Gasteiger partial charge on any atom is 0.404 e. The lowest BCUT2D eigenvalue weighted by Crippen LogP contribution is -2.65. The zero-order valence-electron chi connectivity index (χ0n) is 49.6. The van der Waals surface area contributed by atoms with Crippen molar-refractivity contribution in [1.82, 2.24) is 56.2 Å². The summed E-state index contributed by atoms with van der Waals surface area (Å²) in [5, 5.41) is 101. The number of primary amides is 3. The number of ether oxygens (including phenoxy) is 5. The van der Waals surface area contributed by atoms with E-state index in [-0.39, 0.29) is 53.9 Å². The maximum atomic E-state index is 15.2. The fourth-order valence-electron chi connectivity index (χ4n) is 9.78. The van der Waals surface area contributed by atoms with Crippen LogP contribution in [0.2, 0.25) is 0 Å². The fraction of sp³-hybridized carbons (Fsp3) is 0.596. The number of thiazole rings is 1. The number of nitrogens with two attached hydrogens (primary N) is 6. The highest BCUT2D eigenvalue weighted by molar-refractivity contribution is 7.09. The normalized spacial score (nSPS) is 25.0. The highest BCUT2D eigenvalue weighted by Crippen LogP contribution is 2.35. The van der Waals surface area contributed by atoms with E-state index < -0.39 is 189 Å². The number of ketones is 2. The molecule has 4 aromatic rings. The minimum absolute atomic E-state index is 0.0333. The van der Waals surface area contributed by atoms with Crippen LogP contribution in [0.3, 0.4) is 0 Å². The first-order valence-corrected chi connectivity index (χ1v) is 29.0. The smallest absolute Gasteiger partial charge is 0.404 e. The van der Waals surface area contributed by atoms with Crippen LogP contribution in [0, 0.1) is 18.8 Å². The van der Waals surface area contributed by atoms with Crippen LogP contribution < -0.4 is 55.7 Å². The van der Waals surface area contributed by atoms with Crippen molar-refractivity contribution in [1.29, 1.82) is 0 Å². The van der Waals surface area contributed by atoms with Crippen molar-refractivity contribution in [2.24, 2.45) is 40.5 Å². The first-order valence-electron chi connectivity index (χ1n) is 28.1. The molecule has 0 radical (unpaired) electrons. The van der Waals surface area contributed by atoms with E-state index in [0.717, 1.165) is 12.5 Å². The molecule has 2 aliphatic rings. The van der Waals surface area contributed by atoms with E-state index in [2.05, 4.69) is 56.2 Å². The topological polar surface area (TPSA) is 645 Å². The molecule has 2 aliphatic heterocycles. The van der Waals surface area contributed by atoms with Crippen molar-refractivity contribution in [3.8, 4) is 11.5 Å². The Bertz CT molecular complexity index is 3180. The number of hydrogen-bond donors (Lipinski definition) is 20. The largest absolute Gasteiger partial charge is 0.441 e. The average molecular weight is 1310 g/mol. The summed E-state index contributed by atoms with van der Waals surface area (Å²) in [6.45, 7) is 3.93. The summed E-state index contributed by atoms with van der Waals surface area (Å²) in [6, 6.07) is -8.08. The van der Waals surface area contributed by atoms with Crippen LogP contribution in [0.15, 0.2) is 24.1 Å². The fourth-order valence-corrected chi connectivity index (χ4v) is 10.6. The minimum Gasteiger partial charge on any atom is -0.441 e. The van der Waals surface area contributed by atoms with Crippen molar-refractivity contribution in [2.45, 2.75) is 157 Å². The van der Waals surface area contributed by atoms with Gasteiger partial charge in [-0.05, 0) is 20.8 Å². The van der Waals surface area contributed by atoms with Crippen LogP contribution in [0.5, 0.6) is 0 Å². The highest BCUT2D eigenvalue weighted by Gasteiger charge is 2.54. The van der Waals surface area contributed by atoms with Gasteiger partial charge in [-0.3, -0.25) is 33.6 Å². The summed E-state index contributed by atoms with van der Waals surface area (Å²) in [5.74, 6) is -9.92. The molecule has 6 amide bonds. The molecule has 38 nitrogen and oxygen atoms in total. The molecule has 20 unspecified atom stereocenters. The third-order valence-electron chi connectivity index (χ3n) is 15.0. The van der Waals surface area contributed by atoms with Crippen LogP contribution in [0.25, 0.3) is 11.5 Å². The summed E-state index contributed by atoms with van der Waals surface area (Å²) >= 11 is 1.24. The molecule has 0 saturated carbocycles.